The number of hydrogen-bond acceptors (Lipinski definition) is 5. The summed E-state index contributed by atoms with van der Waals surface area (Å²) in [4.78, 5) is 14.2. The van der Waals surface area contributed by atoms with Gasteiger partial charge in [-0.25, -0.2) is 4.98 Å². The van der Waals surface area contributed by atoms with Gasteiger partial charge in [0.2, 0.25) is 5.95 Å². The quantitative estimate of drug-likeness (QED) is 0.434. The van der Waals surface area contributed by atoms with Crippen molar-refractivity contribution in [2.24, 2.45) is 0 Å². The van der Waals surface area contributed by atoms with Crippen LogP contribution in [-0.2, 0) is 19.4 Å². The summed E-state index contributed by atoms with van der Waals surface area (Å²) in [6, 6.07) is 15.4. The summed E-state index contributed by atoms with van der Waals surface area (Å²) in [5.74, 6) is 1.33. The van der Waals surface area contributed by atoms with Gasteiger partial charge in [-0.3, -0.25) is 0 Å². The number of hydrogen-bond donors (Lipinski definition) is 2. The molecule has 1 aliphatic carbocycles. The predicted octanol–water partition coefficient (Wildman–Crippen LogP) is 5.56. The van der Waals surface area contributed by atoms with Crippen molar-refractivity contribution in [3.63, 3.8) is 0 Å². The predicted molar refractivity (Wildman–Crippen MR) is 126 cm³/mol. The van der Waals surface area contributed by atoms with E-state index in [4.69, 9.17) is 9.97 Å². The third-order valence-electron chi connectivity index (χ3n) is 5.91. The Hall–Kier alpha value is -3.41. The number of aromatic nitrogens is 4. The largest absolute Gasteiger partial charge is 0.364 e. The Morgan fingerprint density at radius 2 is 1.81 bits per heavy atom. The zero-order valence-corrected chi connectivity index (χ0v) is 18.3. The molecule has 6 heteroatoms. The lowest BCUT2D eigenvalue weighted by Gasteiger charge is -2.13. The van der Waals surface area contributed by atoms with E-state index in [0.717, 1.165) is 29.1 Å². The molecule has 0 spiro atoms. The highest BCUT2D eigenvalue weighted by Gasteiger charge is 2.16. The van der Waals surface area contributed by atoms with Gasteiger partial charge in [-0.2, -0.15) is 9.97 Å². The van der Waals surface area contributed by atoms with Crippen LogP contribution < -0.4 is 10.6 Å². The van der Waals surface area contributed by atoms with Gasteiger partial charge in [-0.05, 0) is 68.9 Å². The molecule has 0 atom stereocenters. The minimum Gasteiger partial charge on any atom is -0.364 e. The molecule has 0 fully saturated rings. The summed E-state index contributed by atoms with van der Waals surface area (Å²) < 4.78 is 2.09. The molecule has 0 radical (unpaired) electrons. The fourth-order valence-corrected chi connectivity index (χ4v) is 4.14. The molecule has 0 saturated heterocycles. The summed E-state index contributed by atoms with van der Waals surface area (Å²) in [7, 11) is 0. The van der Waals surface area contributed by atoms with Gasteiger partial charge >= 0.3 is 0 Å². The van der Waals surface area contributed by atoms with Crippen LogP contribution in [0.5, 0.6) is 0 Å². The molecule has 0 amide bonds. The molecule has 2 N–H and O–H groups in total. The number of fused-ring (bicyclic) bond motifs is 2. The molecule has 0 unspecified atom stereocenters. The van der Waals surface area contributed by atoms with Crippen molar-refractivity contribution in [2.75, 3.05) is 10.6 Å². The van der Waals surface area contributed by atoms with Crippen LogP contribution in [-0.4, -0.2) is 19.5 Å². The highest BCUT2D eigenvalue weighted by molar-refractivity contribution is 5.84. The third-order valence-corrected chi connectivity index (χ3v) is 5.91. The fourth-order valence-electron chi connectivity index (χ4n) is 4.14. The van der Waals surface area contributed by atoms with Crippen molar-refractivity contribution in [2.45, 2.75) is 52.6 Å². The van der Waals surface area contributed by atoms with Crippen molar-refractivity contribution in [1.82, 2.24) is 19.5 Å². The van der Waals surface area contributed by atoms with E-state index in [2.05, 4.69) is 83.4 Å². The summed E-state index contributed by atoms with van der Waals surface area (Å²) in [5, 5.41) is 6.90. The number of rotatable bonds is 6. The average molecular weight is 413 g/mol. The third kappa shape index (κ3) is 3.98. The molecule has 4 aromatic rings. The number of aryl methyl sites for hydroxylation is 3. The van der Waals surface area contributed by atoms with Crippen molar-refractivity contribution in [3.8, 4) is 0 Å². The monoisotopic (exact) mass is 412 g/mol. The van der Waals surface area contributed by atoms with Gasteiger partial charge in [-0.15, -0.1) is 0 Å². The van der Waals surface area contributed by atoms with Gasteiger partial charge in [0.05, 0.1) is 6.33 Å². The first-order valence-electron chi connectivity index (χ1n) is 11.0. The Kier molecular flexibility index (Phi) is 5.06. The lowest BCUT2D eigenvalue weighted by atomic mass is 10.1. The van der Waals surface area contributed by atoms with Crippen molar-refractivity contribution in [3.05, 3.63) is 71.0 Å². The van der Waals surface area contributed by atoms with Crippen LogP contribution in [0.2, 0.25) is 0 Å². The second-order valence-corrected chi connectivity index (χ2v) is 8.61. The second kappa shape index (κ2) is 8.02. The van der Waals surface area contributed by atoms with Gasteiger partial charge in [-0.1, -0.05) is 35.9 Å². The van der Waals surface area contributed by atoms with E-state index in [9.17, 15) is 0 Å². The summed E-state index contributed by atoms with van der Waals surface area (Å²) in [5.41, 5.74) is 8.00. The Morgan fingerprint density at radius 1 is 1.00 bits per heavy atom. The molecule has 5 rings (SSSR count). The van der Waals surface area contributed by atoms with E-state index < -0.39 is 0 Å². The molecule has 158 valence electrons. The molecule has 31 heavy (non-hydrogen) atoms. The van der Waals surface area contributed by atoms with E-state index in [1.807, 2.05) is 6.33 Å². The van der Waals surface area contributed by atoms with Crippen LogP contribution >= 0.6 is 0 Å². The van der Waals surface area contributed by atoms with Gasteiger partial charge in [0.15, 0.2) is 17.0 Å². The number of nitrogens with one attached hydrogen (secondary N) is 2. The molecule has 2 heterocycles. The smallest absolute Gasteiger partial charge is 0.231 e. The van der Waals surface area contributed by atoms with E-state index in [0.29, 0.717) is 12.5 Å². The number of anilines is 3. The van der Waals surface area contributed by atoms with Crippen LogP contribution in [0.4, 0.5) is 17.5 Å². The molecule has 0 bridgehead atoms. The highest BCUT2D eigenvalue weighted by atomic mass is 15.2. The minimum absolute atomic E-state index is 0.262. The fraction of sp³-hybridized carbons (Fsp3) is 0.320. The van der Waals surface area contributed by atoms with Gasteiger partial charge in [0, 0.05) is 18.3 Å². The molecular weight excluding hydrogens is 384 g/mol. The maximum absolute atomic E-state index is 4.81. The Labute approximate surface area is 182 Å². The average Bonchev–Trinajstić information content (AvgIpc) is 3.39. The number of nitrogens with zero attached hydrogens (tertiary/aromatic N) is 4. The Bertz CT molecular complexity index is 1220. The standard InChI is InChI=1S/C25H28N6/c1-16(2)31-15-27-22-23(26-14-18-9-7-17(3)8-10-18)29-25(30-24(22)31)28-21-12-11-19-5-4-6-20(19)13-21/h7-13,15-16H,4-6,14H2,1-3H3,(H2,26,28,29,30). The molecule has 2 aromatic heterocycles. The summed E-state index contributed by atoms with van der Waals surface area (Å²) in [6.45, 7) is 7.05. The topological polar surface area (TPSA) is 67.7 Å². The summed E-state index contributed by atoms with van der Waals surface area (Å²) >= 11 is 0. The lowest BCUT2D eigenvalue weighted by molar-refractivity contribution is 0.613. The maximum Gasteiger partial charge on any atom is 0.231 e. The maximum atomic E-state index is 4.81. The van der Waals surface area contributed by atoms with Crippen LogP contribution in [0.3, 0.4) is 0 Å². The molecule has 0 aliphatic heterocycles. The Balaban J connectivity index is 1.48. The zero-order chi connectivity index (χ0) is 21.4. The van der Waals surface area contributed by atoms with E-state index in [1.165, 1.54) is 35.1 Å². The Morgan fingerprint density at radius 3 is 2.61 bits per heavy atom. The SMILES string of the molecule is Cc1ccc(CNc2nc(Nc3ccc4c(c3)CCC4)nc3c2ncn3C(C)C)cc1. The van der Waals surface area contributed by atoms with E-state index in [-0.39, 0.29) is 6.04 Å². The van der Waals surface area contributed by atoms with Crippen LogP contribution in [0.15, 0.2) is 48.8 Å². The first kappa shape index (κ1) is 19.5. The van der Waals surface area contributed by atoms with E-state index >= 15 is 0 Å². The van der Waals surface area contributed by atoms with Crippen LogP contribution in [0, 0.1) is 6.92 Å². The van der Waals surface area contributed by atoms with E-state index in [1.54, 1.807) is 0 Å². The normalized spacial score (nSPS) is 13.0. The lowest BCUT2D eigenvalue weighted by Crippen LogP contribution is -2.08. The van der Waals surface area contributed by atoms with Gasteiger partial charge in [0.25, 0.3) is 0 Å². The second-order valence-electron chi connectivity index (χ2n) is 8.61. The molecule has 2 aromatic carbocycles. The molecule has 6 nitrogen and oxygen atoms in total. The molecular formula is C25H28N6. The summed E-state index contributed by atoms with van der Waals surface area (Å²) in [6.07, 6.45) is 5.41. The number of imidazole rings is 1. The van der Waals surface area contributed by atoms with Gasteiger partial charge in [0.1, 0.15) is 0 Å². The highest BCUT2D eigenvalue weighted by Crippen LogP contribution is 2.28. The van der Waals surface area contributed by atoms with Crippen molar-refractivity contribution >= 4 is 28.6 Å². The van der Waals surface area contributed by atoms with Crippen LogP contribution in [0.25, 0.3) is 11.2 Å². The van der Waals surface area contributed by atoms with Crippen LogP contribution in [0.1, 0.15) is 48.6 Å². The first-order chi connectivity index (χ1) is 15.1. The number of benzene rings is 2. The molecule has 1 aliphatic rings. The van der Waals surface area contributed by atoms with Crippen molar-refractivity contribution < 1.29 is 0 Å². The van der Waals surface area contributed by atoms with Gasteiger partial charge < -0.3 is 15.2 Å². The minimum atomic E-state index is 0.262. The zero-order valence-electron chi connectivity index (χ0n) is 18.3. The molecule has 0 saturated carbocycles. The van der Waals surface area contributed by atoms with Crippen molar-refractivity contribution in [1.29, 1.82) is 0 Å². The first-order valence-corrected chi connectivity index (χ1v) is 11.0.